The van der Waals surface area contributed by atoms with Gasteiger partial charge >= 0.3 is 17.9 Å². The molecule has 412 valence electrons. The molecule has 0 rings (SSSR count). The molecular weight excluding hydrogens is 865 g/mol. The van der Waals surface area contributed by atoms with Crippen LogP contribution >= 0.6 is 0 Å². The molecule has 0 aromatic rings. The summed E-state index contributed by atoms with van der Waals surface area (Å²) in [7, 11) is 0. The van der Waals surface area contributed by atoms with E-state index in [2.05, 4.69) is 45.1 Å². The average molecular weight is 986 g/mol. The number of unbranched alkanes of at least 4 members (excludes halogenated alkanes) is 43. The third-order valence-corrected chi connectivity index (χ3v) is 14.2. The first-order valence-corrected chi connectivity index (χ1v) is 31.3. The van der Waals surface area contributed by atoms with Crippen LogP contribution in [0.1, 0.15) is 348 Å². The van der Waals surface area contributed by atoms with Gasteiger partial charge in [0.2, 0.25) is 0 Å². The van der Waals surface area contributed by atoms with Crippen molar-refractivity contribution in [2.75, 3.05) is 13.2 Å². The summed E-state index contributed by atoms with van der Waals surface area (Å²) < 4.78 is 16.9. The van der Waals surface area contributed by atoms with Crippen LogP contribution in [-0.2, 0) is 28.6 Å². The van der Waals surface area contributed by atoms with Crippen molar-refractivity contribution in [3.05, 3.63) is 24.3 Å². The molecule has 1 unspecified atom stereocenters. The highest BCUT2D eigenvalue weighted by molar-refractivity contribution is 5.71. The number of ether oxygens (including phenoxy) is 3. The minimum absolute atomic E-state index is 0.0686. The predicted octanol–water partition coefficient (Wildman–Crippen LogP) is 21.1. The number of carbonyl (C=O) groups excluding carboxylic acids is 3. The molecule has 0 aliphatic heterocycles. The minimum Gasteiger partial charge on any atom is -0.462 e. The number of esters is 3. The maximum Gasteiger partial charge on any atom is 0.306 e. The van der Waals surface area contributed by atoms with Crippen LogP contribution in [0.25, 0.3) is 0 Å². The van der Waals surface area contributed by atoms with E-state index in [1.165, 1.54) is 250 Å². The van der Waals surface area contributed by atoms with Crippen LogP contribution in [0.4, 0.5) is 0 Å². The summed E-state index contributed by atoms with van der Waals surface area (Å²) in [6.45, 7) is 6.69. The van der Waals surface area contributed by atoms with Crippen molar-refractivity contribution in [3.8, 4) is 0 Å². The van der Waals surface area contributed by atoms with E-state index in [1.807, 2.05) is 0 Å². The lowest BCUT2D eigenvalue weighted by Crippen LogP contribution is -2.30. The number of hydrogen-bond acceptors (Lipinski definition) is 6. The number of hydrogen-bond donors (Lipinski definition) is 0. The molecule has 0 radical (unpaired) electrons. The van der Waals surface area contributed by atoms with E-state index in [0.29, 0.717) is 19.3 Å². The highest BCUT2D eigenvalue weighted by Gasteiger charge is 2.19. The van der Waals surface area contributed by atoms with Gasteiger partial charge in [0, 0.05) is 19.3 Å². The zero-order chi connectivity index (χ0) is 50.7. The molecule has 0 heterocycles. The second kappa shape index (κ2) is 59.5. The highest BCUT2D eigenvalue weighted by Crippen LogP contribution is 2.17. The maximum atomic E-state index is 12.9. The Balaban J connectivity index is 4.32. The van der Waals surface area contributed by atoms with Gasteiger partial charge in [-0.05, 0) is 70.6 Å². The molecule has 0 aromatic carbocycles. The molecule has 6 nitrogen and oxygen atoms in total. The van der Waals surface area contributed by atoms with Gasteiger partial charge in [-0.3, -0.25) is 14.4 Å². The zero-order valence-electron chi connectivity index (χ0n) is 47.3. The SMILES string of the molecule is CCCCCCCC/C=C\CCCCCCCCCCCC(=O)OCC(COC(=O)CCCCCCCCCCCCCCCCCC)OC(=O)CCCCCCCCC/C=C\CCCCCCCC. The van der Waals surface area contributed by atoms with Crippen molar-refractivity contribution < 1.29 is 28.6 Å². The minimum atomic E-state index is -0.771. The number of allylic oxidation sites excluding steroid dienone is 4. The van der Waals surface area contributed by atoms with Crippen molar-refractivity contribution in [2.24, 2.45) is 0 Å². The Morgan fingerprint density at radius 3 is 0.714 bits per heavy atom. The Bertz CT molecular complexity index is 1130. The Kier molecular flexibility index (Phi) is 57.7. The fourth-order valence-corrected chi connectivity index (χ4v) is 9.44. The highest BCUT2D eigenvalue weighted by atomic mass is 16.6. The third kappa shape index (κ3) is 56.8. The van der Waals surface area contributed by atoms with E-state index in [4.69, 9.17) is 14.2 Å². The van der Waals surface area contributed by atoms with Gasteiger partial charge in [0.25, 0.3) is 0 Å². The molecule has 6 heteroatoms. The molecular formula is C64H120O6. The number of carbonyl (C=O) groups is 3. The van der Waals surface area contributed by atoms with Crippen LogP contribution in [-0.4, -0.2) is 37.2 Å². The Labute approximate surface area is 436 Å². The summed E-state index contributed by atoms with van der Waals surface area (Å²) in [5, 5.41) is 0. The predicted molar refractivity (Wildman–Crippen MR) is 303 cm³/mol. The molecule has 1 atom stereocenters. The quantitative estimate of drug-likeness (QED) is 0.0261. The zero-order valence-corrected chi connectivity index (χ0v) is 47.3. The molecule has 0 saturated carbocycles. The first-order valence-electron chi connectivity index (χ1n) is 31.3. The van der Waals surface area contributed by atoms with E-state index in [9.17, 15) is 14.4 Å². The van der Waals surface area contributed by atoms with Gasteiger partial charge in [0.15, 0.2) is 6.10 Å². The smallest absolute Gasteiger partial charge is 0.306 e. The summed E-state index contributed by atoms with van der Waals surface area (Å²) in [5.41, 5.74) is 0. The summed E-state index contributed by atoms with van der Waals surface area (Å²) in [6, 6.07) is 0. The maximum absolute atomic E-state index is 12.9. The Morgan fingerprint density at radius 2 is 0.471 bits per heavy atom. The van der Waals surface area contributed by atoms with Crippen LogP contribution in [0.2, 0.25) is 0 Å². The summed E-state index contributed by atoms with van der Waals surface area (Å²) in [4.78, 5) is 38.3. The van der Waals surface area contributed by atoms with Crippen LogP contribution in [0.3, 0.4) is 0 Å². The normalized spacial score (nSPS) is 12.1. The summed E-state index contributed by atoms with van der Waals surface area (Å²) in [5.74, 6) is -0.850. The van der Waals surface area contributed by atoms with Crippen molar-refractivity contribution >= 4 is 17.9 Å². The summed E-state index contributed by atoms with van der Waals surface area (Å²) in [6.07, 6.45) is 70.3. The molecule has 0 amide bonds. The molecule has 0 aliphatic rings. The van der Waals surface area contributed by atoms with E-state index in [1.54, 1.807) is 0 Å². The molecule has 70 heavy (non-hydrogen) atoms. The Morgan fingerprint density at radius 1 is 0.271 bits per heavy atom. The monoisotopic (exact) mass is 985 g/mol. The average Bonchev–Trinajstić information content (AvgIpc) is 3.36. The van der Waals surface area contributed by atoms with Crippen LogP contribution < -0.4 is 0 Å². The standard InChI is InChI=1S/C64H120O6/c1-4-7-10-13-16-19-22-25-28-31-32-34-36-39-42-45-48-51-54-57-63(66)69-60-61(59-68-62(65)56-53-50-47-44-41-38-35-30-27-24-21-18-15-12-9-6-3)70-64(67)58-55-52-49-46-43-40-37-33-29-26-23-20-17-14-11-8-5-2/h25-26,28-29,61H,4-24,27,30-60H2,1-3H3/b28-25-,29-26-. The van der Waals surface area contributed by atoms with Gasteiger partial charge in [0.1, 0.15) is 13.2 Å². The van der Waals surface area contributed by atoms with E-state index in [0.717, 1.165) is 57.8 Å². The lowest BCUT2D eigenvalue weighted by molar-refractivity contribution is -0.167. The molecule has 0 spiro atoms. The number of rotatable bonds is 58. The third-order valence-electron chi connectivity index (χ3n) is 14.2. The lowest BCUT2D eigenvalue weighted by atomic mass is 10.0. The van der Waals surface area contributed by atoms with Crippen molar-refractivity contribution in [1.29, 1.82) is 0 Å². The van der Waals surface area contributed by atoms with Gasteiger partial charge in [-0.2, -0.15) is 0 Å². The first kappa shape index (κ1) is 67.9. The van der Waals surface area contributed by atoms with Crippen LogP contribution in [0.5, 0.6) is 0 Å². The van der Waals surface area contributed by atoms with Crippen LogP contribution in [0.15, 0.2) is 24.3 Å². The Hall–Kier alpha value is -2.11. The largest absolute Gasteiger partial charge is 0.462 e. The second-order valence-corrected chi connectivity index (χ2v) is 21.3. The molecule has 0 N–H and O–H groups in total. The lowest BCUT2D eigenvalue weighted by Gasteiger charge is -2.18. The molecule has 0 fully saturated rings. The van der Waals surface area contributed by atoms with Crippen molar-refractivity contribution in [3.63, 3.8) is 0 Å². The molecule has 0 bridgehead atoms. The second-order valence-electron chi connectivity index (χ2n) is 21.3. The summed E-state index contributed by atoms with van der Waals surface area (Å²) >= 11 is 0. The van der Waals surface area contributed by atoms with Crippen molar-refractivity contribution in [2.45, 2.75) is 354 Å². The fraction of sp³-hybridized carbons (Fsp3) is 0.891. The molecule has 0 aliphatic carbocycles. The molecule has 0 saturated heterocycles. The van der Waals surface area contributed by atoms with Gasteiger partial charge in [-0.25, -0.2) is 0 Å². The van der Waals surface area contributed by atoms with Gasteiger partial charge in [0.05, 0.1) is 0 Å². The van der Waals surface area contributed by atoms with Gasteiger partial charge in [-0.15, -0.1) is 0 Å². The molecule has 0 aromatic heterocycles. The van der Waals surface area contributed by atoms with Crippen molar-refractivity contribution in [1.82, 2.24) is 0 Å². The van der Waals surface area contributed by atoms with Gasteiger partial charge < -0.3 is 14.2 Å². The fourth-order valence-electron chi connectivity index (χ4n) is 9.44. The van der Waals surface area contributed by atoms with E-state index >= 15 is 0 Å². The van der Waals surface area contributed by atoms with E-state index in [-0.39, 0.29) is 31.1 Å². The van der Waals surface area contributed by atoms with E-state index < -0.39 is 6.10 Å². The van der Waals surface area contributed by atoms with Gasteiger partial charge in [-0.1, -0.05) is 283 Å². The topological polar surface area (TPSA) is 78.9 Å². The van der Waals surface area contributed by atoms with Crippen LogP contribution in [0, 0.1) is 0 Å². The first-order chi connectivity index (χ1) is 34.5.